The molecule has 2 aliphatic rings. The first kappa shape index (κ1) is 28.9. The molecule has 6 nitrogen and oxygen atoms in total. The molecule has 1 saturated heterocycles. The fourth-order valence-electron chi connectivity index (χ4n) is 5.89. The Kier molecular flexibility index (Phi) is 9.09. The van der Waals surface area contributed by atoms with E-state index in [1.165, 1.54) is 17.5 Å². The Bertz CT molecular complexity index is 1320. The van der Waals surface area contributed by atoms with Crippen LogP contribution in [0.4, 0.5) is 11.4 Å². The van der Waals surface area contributed by atoms with Crippen LogP contribution >= 0.6 is 0 Å². The largest absolute Gasteiger partial charge is 0.368 e. The summed E-state index contributed by atoms with van der Waals surface area (Å²) < 4.78 is 0. The normalized spacial score (nSPS) is 16.8. The molecule has 216 valence electrons. The summed E-state index contributed by atoms with van der Waals surface area (Å²) in [5.41, 5.74) is 5.34. The molecule has 0 radical (unpaired) electrons. The zero-order chi connectivity index (χ0) is 28.8. The molecular formula is C35H44N4O2. The summed E-state index contributed by atoms with van der Waals surface area (Å²) in [6.45, 7) is 11.0. The van der Waals surface area contributed by atoms with Gasteiger partial charge >= 0.3 is 0 Å². The molecule has 0 atom stereocenters. The van der Waals surface area contributed by atoms with E-state index in [2.05, 4.69) is 71.5 Å². The molecular weight excluding hydrogens is 508 g/mol. The van der Waals surface area contributed by atoms with Crippen LogP contribution < -0.4 is 15.5 Å². The predicted octanol–water partition coefficient (Wildman–Crippen LogP) is 6.62. The van der Waals surface area contributed by atoms with Gasteiger partial charge in [-0.15, -0.1) is 0 Å². The molecule has 3 aromatic rings. The van der Waals surface area contributed by atoms with Gasteiger partial charge < -0.3 is 15.5 Å². The average molecular weight is 553 g/mol. The maximum Gasteiger partial charge on any atom is 0.255 e. The van der Waals surface area contributed by atoms with Gasteiger partial charge in [0.2, 0.25) is 0 Å². The van der Waals surface area contributed by atoms with Crippen LogP contribution in [-0.4, -0.2) is 48.9 Å². The van der Waals surface area contributed by atoms with Gasteiger partial charge in [0.05, 0.1) is 5.56 Å². The summed E-state index contributed by atoms with van der Waals surface area (Å²) in [5, 5.41) is 6.33. The number of nitrogens with zero attached hydrogens (tertiary/aromatic N) is 2. The fourth-order valence-corrected chi connectivity index (χ4v) is 5.89. The van der Waals surface area contributed by atoms with Gasteiger partial charge in [-0.25, -0.2) is 0 Å². The number of amides is 2. The monoisotopic (exact) mass is 552 g/mol. The van der Waals surface area contributed by atoms with E-state index in [4.69, 9.17) is 0 Å². The number of piperazine rings is 1. The van der Waals surface area contributed by atoms with Crippen molar-refractivity contribution in [2.45, 2.75) is 70.9 Å². The lowest BCUT2D eigenvalue weighted by molar-refractivity contribution is 0.0927. The quantitative estimate of drug-likeness (QED) is 0.346. The van der Waals surface area contributed by atoms with Crippen LogP contribution in [0, 0.1) is 0 Å². The third-order valence-corrected chi connectivity index (χ3v) is 8.41. The molecule has 6 heteroatoms. The van der Waals surface area contributed by atoms with Crippen molar-refractivity contribution >= 4 is 23.2 Å². The Morgan fingerprint density at radius 3 is 2.15 bits per heavy atom. The SMILES string of the molecule is CC(C)(C)c1ccc(C(=O)Nc2ccc(N3CCN(Cc4ccccc4)CC3)c(C(=O)NC3CCCCC3)c2)cc1. The van der Waals surface area contributed by atoms with Crippen LogP contribution in [-0.2, 0) is 12.0 Å². The first-order chi connectivity index (χ1) is 19.8. The minimum atomic E-state index is -0.175. The second-order valence-corrected chi connectivity index (χ2v) is 12.6. The second-order valence-electron chi connectivity index (χ2n) is 12.6. The second kappa shape index (κ2) is 12.9. The highest BCUT2D eigenvalue weighted by molar-refractivity contribution is 6.06. The van der Waals surface area contributed by atoms with Gasteiger partial charge in [0, 0.05) is 55.7 Å². The molecule has 0 aromatic heterocycles. The van der Waals surface area contributed by atoms with Crippen molar-refractivity contribution in [3.63, 3.8) is 0 Å². The minimum absolute atomic E-state index is 0.0263. The summed E-state index contributed by atoms with van der Waals surface area (Å²) in [5.74, 6) is -0.226. The Morgan fingerprint density at radius 1 is 0.805 bits per heavy atom. The van der Waals surface area contributed by atoms with Gasteiger partial charge in [-0.2, -0.15) is 0 Å². The molecule has 2 N–H and O–H groups in total. The number of nitrogens with one attached hydrogen (secondary N) is 2. The number of carbonyl (C=O) groups excluding carboxylic acids is 2. The highest BCUT2D eigenvalue weighted by Crippen LogP contribution is 2.28. The lowest BCUT2D eigenvalue weighted by atomic mass is 9.87. The van der Waals surface area contributed by atoms with Gasteiger partial charge in [0.25, 0.3) is 11.8 Å². The number of anilines is 2. The number of rotatable bonds is 7. The van der Waals surface area contributed by atoms with Crippen LogP contribution in [0.2, 0.25) is 0 Å². The lowest BCUT2D eigenvalue weighted by Crippen LogP contribution is -2.46. The zero-order valence-electron chi connectivity index (χ0n) is 24.8. The van der Waals surface area contributed by atoms with Crippen molar-refractivity contribution < 1.29 is 9.59 Å². The molecule has 1 aliphatic heterocycles. The first-order valence-corrected chi connectivity index (χ1v) is 15.1. The standard InChI is InChI=1S/C35H44N4O2/c1-35(2,3)28-16-14-27(15-17-28)33(40)37-30-18-19-32(31(24-30)34(41)36-29-12-8-5-9-13-29)39-22-20-38(21-23-39)25-26-10-6-4-7-11-26/h4,6-7,10-11,14-19,24,29H,5,8-9,12-13,20-23,25H2,1-3H3,(H,36,41)(H,37,40). The van der Waals surface area contributed by atoms with Crippen LogP contribution in [0.3, 0.4) is 0 Å². The molecule has 5 rings (SSSR count). The van der Waals surface area contributed by atoms with Gasteiger partial charge in [-0.1, -0.05) is 82.5 Å². The first-order valence-electron chi connectivity index (χ1n) is 15.1. The van der Waals surface area contributed by atoms with E-state index < -0.39 is 0 Å². The minimum Gasteiger partial charge on any atom is -0.368 e. The van der Waals surface area contributed by atoms with E-state index in [0.29, 0.717) is 16.8 Å². The molecule has 2 amide bonds. The average Bonchev–Trinajstić information content (AvgIpc) is 2.98. The Morgan fingerprint density at radius 2 is 1.49 bits per heavy atom. The topological polar surface area (TPSA) is 64.7 Å². The van der Waals surface area contributed by atoms with Crippen molar-refractivity contribution in [2.24, 2.45) is 0 Å². The predicted molar refractivity (Wildman–Crippen MR) is 168 cm³/mol. The van der Waals surface area contributed by atoms with Crippen LogP contribution in [0.1, 0.15) is 84.7 Å². The molecule has 2 fully saturated rings. The summed E-state index contributed by atoms with van der Waals surface area (Å²) in [4.78, 5) is 31.6. The lowest BCUT2D eigenvalue weighted by Gasteiger charge is -2.37. The highest BCUT2D eigenvalue weighted by Gasteiger charge is 2.25. The van der Waals surface area contributed by atoms with Crippen molar-refractivity contribution in [1.29, 1.82) is 0 Å². The third-order valence-electron chi connectivity index (χ3n) is 8.41. The van der Waals surface area contributed by atoms with E-state index in [-0.39, 0.29) is 23.3 Å². The van der Waals surface area contributed by atoms with E-state index >= 15 is 0 Å². The van der Waals surface area contributed by atoms with Gasteiger partial charge in [0.1, 0.15) is 0 Å². The summed E-state index contributed by atoms with van der Waals surface area (Å²) in [7, 11) is 0. The maximum atomic E-state index is 13.7. The van der Waals surface area contributed by atoms with E-state index in [9.17, 15) is 9.59 Å². The summed E-state index contributed by atoms with van der Waals surface area (Å²) in [6, 6.07) is 24.3. The van der Waals surface area contributed by atoms with Gasteiger partial charge in [-0.3, -0.25) is 14.5 Å². The van der Waals surface area contributed by atoms with E-state index in [1.54, 1.807) is 0 Å². The summed E-state index contributed by atoms with van der Waals surface area (Å²) in [6.07, 6.45) is 5.61. The Hall–Kier alpha value is -3.64. The van der Waals surface area contributed by atoms with E-state index in [1.807, 2.05) is 42.5 Å². The number of hydrogen-bond donors (Lipinski definition) is 2. The Balaban J connectivity index is 1.32. The molecule has 0 bridgehead atoms. The van der Waals surface area contributed by atoms with Gasteiger partial charge in [0.15, 0.2) is 0 Å². The zero-order valence-corrected chi connectivity index (χ0v) is 24.8. The third kappa shape index (κ3) is 7.56. The number of hydrogen-bond acceptors (Lipinski definition) is 4. The number of carbonyl (C=O) groups is 2. The van der Waals surface area contributed by atoms with Crippen molar-refractivity contribution in [3.05, 3.63) is 95.1 Å². The fraction of sp³-hybridized carbons (Fsp3) is 0.429. The Labute approximate surface area is 245 Å². The molecule has 41 heavy (non-hydrogen) atoms. The molecule has 0 spiro atoms. The van der Waals surface area contributed by atoms with Crippen LogP contribution in [0.15, 0.2) is 72.8 Å². The van der Waals surface area contributed by atoms with Crippen molar-refractivity contribution in [2.75, 3.05) is 36.4 Å². The van der Waals surface area contributed by atoms with Crippen LogP contribution in [0.25, 0.3) is 0 Å². The highest BCUT2D eigenvalue weighted by atomic mass is 16.2. The van der Waals surface area contributed by atoms with Crippen LogP contribution in [0.5, 0.6) is 0 Å². The van der Waals surface area contributed by atoms with Gasteiger partial charge in [-0.05, 0) is 59.7 Å². The molecule has 1 heterocycles. The van der Waals surface area contributed by atoms with Crippen molar-refractivity contribution in [3.8, 4) is 0 Å². The molecule has 1 saturated carbocycles. The summed E-state index contributed by atoms with van der Waals surface area (Å²) >= 11 is 0. The maximum absolute atomic E-state index is 13.7. The van der Waals surface area contributed by atoms with E-state index in [0.717, 1.165) is 64.1 Å². The smallest absolute Gasteiger partial charge is 0.255 e. The molecule has 3 aromatic carbocycles. The van der Waals surface area contributed by atoms with Crippen molar-refractivity contribution in [1.82, 2.24) is 10.2 Å². The molecule has 0 unspecified atom stereocenters. The number of benzene rings is 3. The molecule has 1 aliphatic carbocycles.